The molecule has 0 spiro atoms. The lowest BCUT2D eigenvalue weighted by atomic mass is 9.94. The van der Waals surface area contributed by atoms with Crippen LogP contribution >= 0.6 is 0 Å². The first-order valence-corrected chi connectivity index (χ1v) is 4.00. The third-order valence-corrected chi connectivity index (χ3v) is 2.04. The minimum atomic E-state index is 0.806. The van der Waals surface area contributed by atoms with E-state index in [1.165, 1.54) is 12.8 Å². The van der Waals surface area contributed by atoms with Crippen LogP contribution in [-0.2, 0) is 0 Å². The summed E-state index contributed by atoms with van der Waals surface area (Å²) in [6.07, 6.45) is 4.96. The van der Waals surface area contributed by atoms with Gasteiger partial charge in [0.1, 0.15) is 0 Å². The highest BCUT2D eigenvalue weighted by molar-refractivity contribution is 4.68. The summed E-state index contributed by atoms with van der Waals surface area (Å²) < 4.78 is 0. The molecule has 0 aromatic heterocycles. The first-order valence-electron chi connectivity index (χ1n) is 4.00. The predicted octanol–water partition coefficient (Wildman–Crippen LogP) is 3.28. The maximum atomic E-state index is 2.32. The largest absolute Gasteiger partial charge is 0.0949 e. The molecule has 2 unspecified atom stereocenters. The lowest BCUT2D eigenvalue weighted by molar-refractivity contribution is 0.439. The zero-order valence-corrected chi connectivity index (χ0v) is 7.15. The van der Waals surface area contributed by atoms with Crippen molar-refractivity contribution in [2.75, 3.05) is 0 Å². The Balaban J connectivity index is 3.22. The topological polar surface area (TPSA) is 0 Å². The molecule has 9 heavy (non-hydrogen) atoms. The van der Waals surface area contributed by atoms with E-state index in [2.05, 4.69) is 34.1 Å². The molecule has 0 N–H and O–H groups in total. The molecule has 0 bridgehead atoms. The number of hydrogen-bond donors (Lipinski definition) is 0. The van der Waals surface area contributed by atoms with Crippen molar-refractivity contribution in [3.63, 3.8) is 0 Å². The van der Waals surface area contributed by atoms with Crippen molar-refractivity contribution >= 4 is 0 Å². The Labute approximate surface area is 59.7 Å². The molecule has 0 aromatic rings. The van der Waals surface area contributed by atoms with Gasteiger partial charge in [-0.25, -0.2) is 0 Å². The van der Waals surface area contributed by atoms with E-state index in [1.807, 2.05) is 0 Å². The van der Waals surface area contributed by atoms with Crippen LogP contribution in [0.25, 0.3) is 0 Å². The third kappa shape index (κ3) is 4.38. The van der Waals surface area contributed by atoms with Crippen LogP contribution in [0.3, 0.4) is 0 Å². The van der Waals surface area contributed by atoms with Crippen molar-refractivity contribution in [3.05, 3.63) is 6.42 Å². The molecule has 0 aliphatic rings. The zero-order valence-electron chi connectivity index (χ0n) is 7.15. The van der Waals surface area contributed by atoms with Gasteiger partial charge in [0.15, 0.2) is 0 Å². The van der Waals surface area contributed by atoms with E-state index in [1.54, 1.807) is 0 Å². The fourth-order valence-corrected chi connectivity index (χ4v) is 0.937. The van der Waals surface area contributed by atoms with Crippen molar-refractivity contribution in [2.24, 2.45) is 11.8 Å². The van der Waals surface area contributed by atoms with Crippen LogP contribution in [0.15, 0.2) is 0 Å². The Bertz CT molecular complexity index is 49.1. The van der Waals surface area contributed by atoms with E-state index in [-0.39, 0.29) is 0 Å². The molecule has 2 atom stereocenters. The second-order valence-corrected chi connectivity index (χ2v) is 3.06. The van der Waals surface area contributed by atoms with Gasteiger partial charge in [-0.1, -0.05) is 20.3 Å². The third-order valence-electron chi connectivity index (χ3n) is 2.04. The molecule has 0 aliphatic carbocycles. The molecule has 0 aliphatic heterocycles. The van der Waals surface area contributed by atoms with E-state index in [9.17, 15) is 0 Å². The average molecular weight is 127 g/mol. The second-order valence-electron chi connectivity index (χ2n) is 3.06. The predicted molar refractivity (Wildman–Crippen MR) is 43.2 cm³/mol. The molecule has 0 aromatic carbocycles. The highest BCUT2D eigenvalue weighted by Gasteiger charge is 2.09. The van der Waals surface area contributed by atoms with E-state index >= 15 is 0 Å². The van der Waals surface area contributed by atoms with Crippen molar-refractivity contribution < 1.29 is 0 Å². The monoisotopic (exact) mass is 127 g/mol. The van der Waals surface area contributed by atoms with E-state index in [4.69, 9.17) is 0 Å². The van der Waals surface area contributed by atoms with Crippen LogP contribution in [0.5, 0.6) is 0 Å². The molecule has 0 saturated heterocycles. The van der Waals surface area contributed by atoms with Crippen LogP contribution in [0.4, 0.5) is 0 Å². The minimum Gasteiger partial charge on any atom is -0.0651 e. The molecule has 0 heterocycles. The van der Waals surface area contributed by atoms with Gasteiger partial charge in [-0.15, -0.1) is 0 Å². The first-order chi connectivity index (χ1) is 4.20. The quantitative estimate of drug-likeness (QED) is 0.508. The van der Waals surface area contributed by atoms with Gasteiger partial charge in [0.25, 0.3) is 0 Å². The minimum absolute atomic E-state index is 0.806. The maximum absolute atomic E-state index is 2.32. The maximum Gasteiger partial charge on any atom is 0.0949 e. The second kappa shape index (κ2) is 4.72. The molecule has 0 amide bonds. The molecule has 0 nitrogen and oxygen atoms in total. The molecule has 0 saturated carbocycles. The SMILES string of the molecule is C[CH+]C(C)CC(C)CC. The highest BCUT2D eigenvalue weighted by atomic mass is 14.1. The summed E-state index contributed by atoms with van der Waals surface area (Å²) in [5.74, 6) is 1.70. The van der Waals surface area contributed by atoms with E-state index in [0.717, 1.165) is 11.8 Å². The fourth-order valence-electron chi connectivity index (χ4n) is 0.937. The summed E-state index contributed by atoms with van der Waals surface area (Å²) in [7, 11) is 0. The smallest absolute Gasteiger partial charge is 0.0651 e. The molecule has 0 rings (SSSR count). The summed E-state index contributed by atoms with van der Waals surface area (Å²) in [6, 6.07) is 0. The standard InChI is InChI=1S/C9H19/c1-5-8(3)7-9(4)6-2/h5,8-9H,6-7H2,1-4H3/q+1. The van der Waals surface area contributed by atoms with Gasteiger partial charge in [0.2, 0.25) is 0 Å². The summed E-state index contributed by atoms with van der Waals surface area (Å²) in [6.45, 7) is 9.01. The van der Waals surface area contributed by atoms with Crippen LogP contribution in [0.1, 0.15) is 40.5 Å². The molecule has 0 fully saturated rings. The number of hydrogen-bond acceptors (Lipinski definition) is 0. The number of rotatable bonds is 4. The normalized spacial score (nSPS) is 16.9. The van der Waals surface area contributed by atoms with Gasteiger partial charge >= 0.3 is 0 Å². The highest BCUT2D eigenvalue weighted by Crippen LogP contribution is 2.15. The van der Waals surface area contributed by atoms with Gasteiger partial charge in [0, 0.05) is 0 Å². The van der Waals surface area contributed by atoms with Crippen LogP contribution in [0, 0.1) is 18.3 Å². The first kappa shape index (κ1) is 8.87. The van der Waals surface area contributed by atoms with E-state index in [0.29, 0.717) is 0 Å². The van der Waals surface area contributed by atoms with Gasteiger partial charge < -0.3 is 0 Å². The summed E-state index contributed by atoms with van der Waals surface area (Å²) in [5, 5.41) is 0. The molecule has 0 heteroatoms. The zero-order chi connectivity index (χ0) is 7.28. The lowest BCUT2D eigenvalue weighted by Crippen LogP contribution is -2.00. The van der Waals surface area contributed by atoms with Crippen molar-refractivity contribution in [1.29, 1.82) is 0 Å². The molecule has 54 valence electrons. The lowest BCUT2D eigenvalue weighted by Gasteiger charge is -2.07. The summed E-state index contributed by atoms with van der Waals surface area (Å²) in [5.41, 5.74) is 0. The molecular weight excluding hydrogens is 108 g/mol. The van der Waals surface area contributed by atoms with E-state index < -0.39 is 0 Å². The molecule has 0 radical (unpaired) electrons. The van der Waals surface area contributed by atoms with Crippen LogP contribution in [0.2, 0.25) is 0 Å². The van der Waals surface area contributed by atoms with Crippen LogP contribution in [-0.4, -0.2) is 0 Å². The van der Waals surface area contributed by atoms with Crippen molar-refractivity contribution in [1.82, 2.24) is 0 Å². The molecular formula is C9H19+. The Morgan fingerprint density at radius 2 is 1.89 bits per heavy atom. The van der Waals surface area contributed by atoms with Crippen molar-refractivity contribution in [2.45, 2.75) is 40.5 Å². The van der Waals surface area contributed by atoms with Gasteiger partial charge in [0.05, 0.1) is 19.3 Å². The van der Waals surface area contributed by atoms with Gasteiger partial charge in [-0.3, -0.25) is 0 Å². The van der Waals surface area contributed by atoms with Gasteiger partial charge in [-0.05, 0) is 19.3 Å². The van der Waals surface area contributed by atoms with Crippen LogP contribution < -0.4 is 0 Å². The Kier molecular flexibility index (Phi) is 4.65. The summed E-state index contributed by atoms with van der Waals surface area (Å²) in [4.78, 5) is 0. The average Bonchev–Trinajstić information content (AvgIpc) is 1.87. The van der Waals surface area contributed by atoms with Crippen molar-refractivity contribution in [3.8, 4) is 0 Å². The Morgan fingerprint density at radius 1 is 1.33 bits per heavy atom. The van der Waals surface area contributed by atoms with Gasteiger partial charge in [-0.2, -0.15) is 0 Å². The fraction of sp³-hybridized carbons (Fsp3) is 0.889. The summed E-state index contributed by atoms with van der Waals surface area (Å²) >= 11 is 0. The Hall–Kier alpha value is -0.130. The Morgan fingerprint density at radius 3 is 2.22 bits per heavy atom.